The maximum atomic E-state index is 12.4. The van der Waals surface area contributed by atoms with Gasteiger partial charge in [0, 0.05) is 18.2 Å². The SMILES string of the molecule is Cc1cc(C)cc(NC(=O)COC(=O)[C@@H]2CC(=O)N(NC(=O)c3ccccc3[N+](=O)[O-])C2)c1. The fourth-order valence-electron chi connectivity index (χ4n) is 3.48. The summed E-state index contributed by atoms with van der Waals surface area (Å²) < 4.78 is 5.03. The molecule has 172 valence electrons. The Labute approximate surface area is 188 Å². The molecule has 1 aliphatic heterocycles. The Balaban J connectivity index is 1.53. The fourth-order valence-corrected chi connectivity index (χ4v) is 3.48. The topological polar surface area (TPSA) is 148 Å². The number of aryl methyl sites for hydroxylation is 2. The molecule has 0 bridgehead atoms. The van der Waals surface area contributed by atoms with Crippen molar-refractivity contribution in [1.82, 2.24) is 10.4 Å². The summed E-state index contributed by atoms with van der Waals surface area (Å²) in [6, 6.07) is 10.8. The Morgan fingerprint density at radius 3 is 2.48 bits per heavy atom. The number of anilines is 1. The first-order valence-electron chi connectivity index (χ1n) is 10.0. The minimum absolute atomic E-state index is 0.178. The molecular weight excluding hydrogens is 432 g/mol. The number of esters is 1. The van der Waals surface area contributed by atoms with Crippen LogP contribution in [0, 0.1) is 29.9 Å². The number of amides is 3. The summed E-state index contributed by atoms with van der Waals surface area (Å²) in [6.07, 6.45) is -0.227. The van der Waals surface area contributed by atoms with E-state index in [1.165, 1.54) is 24.3 Å². The highest BCUT2D eigenvalue weighted by atomic mass is 16.6. The summed E-state index contributed by atoms with van der Waals surface area (Å²) in [5, 5.41) is 14.7. The van der Waals surface area contributed by atoms with Crippen molar-refractivity contribution in [2.45, 2.75) is 20.3 Å². The number of nitrogens with one attached hydrogen (secondary N) is 2. The molecule has 0 spiro atoms. The number of ether oxygens (including phenoxy) is 1. The van der Waals surface area contributed by atoms with Crippen molar-refractivity contribution < 1.29 is 28.8 Å². The van der Waals surface area contributed by atoms with Gasteiger partial charge in [-0.25, -0.2) is 0 Å². The van der Waals surface area contributed by atoms with Crippen LogP contribution in [-0.2, 0) is 19.1 Å². The Morgan fingerprint density at radius 1 is 1.15 bits per heavy atom. The van der Waals surface area contributed by atoms with Gasteiger partial charge in [-0.1, -0.05) is 18.2 Å². The van der Waals surface area contributed by atoms with Crippen LogP contribution in [0.15, 0.2) is 42.5 Å². The van der Waals surface area contributed by atoms with Gasteiger partial charge < -0.3 is 10.1 Å². The number of nitro groups is 1. The van der Waals surface area contributed by atoms with Gasteiger partial charge in [-0.2, -0.15) is 0 Å². The zero-order valence-electron chi connectivity index (χ0n) is 18.0. The lowest BCUT2D eigenvalue weighted by Gasteiger charge is -2.17. The molecule has 0 saturated carbocycles. The zero-order valence-corrected chi connectivity index (χ0v) is 18.0. The van der Waals surface area contributed by atoms with Crippen molar-refractivity contribution >= 4 is 35.1 Å². The molecule has 1 aliphatic rings. The molecular formula is C22H22N4O7. The molecule has 0 radical (unpaired) electrons. The number of hydrogen-bond donors (Lipinski definition) is 2. The van der Waals surface area contributed by atoms with Gasteiger partial charge in [-0.05, 0) is 43.2 Å². The Morgan fingerprint density at radius 2 is 1.82 bits per heavy atom. The first kappa shape index (κ1) is 23.4. The number of carbonyl (C=O) groups excluding carboxylic acids is 4. The van der Waals surface area contributed by atoms with E-state index in [0.29, 0.717) is 5.69 Å². The molecule has 0 aromatic heterocycles. The van der Waals surface area contributed by atoms with Crippen LogP contribution in [0.25, 0.3) is 0 Å². The predicted molar refractivity (Wildman–Crippen MR) is 116 cm³/mol. The minimum atomic E-state index is -0.891. The van der Waals surface area contributed by atoms with E-state index in [0.717, 1.165) is 16.1 Å². The van der Waals surface area contributed by atoms with E-state index in [9.17, 15) is 29.3 Å². The van der Waals surface area contributed by atoms with Crippen molar-refractivity contribution in [3.8, 4) is 0 Å². The summed E-state index contributed by atoms with van der Waals surface area (Å²) in [4.78, 5) is 59.4. The highest BCUT2D eigenvalue weighted by Gasteiger charge is 2.37. The number of rotatable bonds is 7. The van der Waals surface area contributed by atoms with Gasteiger partial charge in [-0.3, -0.25) is 39.7 Å². The third kappa shape index (κ3) is 5.91. The molecule has 2 aromatic carbocycles. The first-order valence-corrected chi connectivity index (χ1v) is 10.0. The van der Waals surface area contributed by atoms with Crippen LogP contribution >= 0.6 is 0 Å². The van der Waals surface area contributed by atoms with Crippen LogP contribution < -0.4 is 10.7 Å². The lowest BCUT2D eigenvalue weighted by molar-refractivity contribution is -0.385. The van der Waals surface area contributed by atoms with E-state index in [2.05, 4.69) is 10.7 Å². The molecule has 1 atom stereocenters. The van der Waals surface area contributed by atoms with Crippen LogP contribution in [0.4, 0.5) is 11.4 Å². The third-order valence-electron chi connectivity index (χ3n) is 4.89. The van der Waals surface area contributed by atoms with Crippen LogP contribution in [0.1, 0.15) is 27.9 Å². The van der Waals surface area contributed by atoms with Gasteiger partial charge in [0.25, 0.3) is 17.5 Å². The molecule has 1 fully saturated rings. The number of hydrazine groups is 1. The summed E-state index contributed by atoms with van der Waals surface area (Å²) in [7, 11) is 0. The van der Waals surface area contributed by atoms with Crippen LogP contribution in [0.3, 0.4) is 0 Å². The number of nitrogens with zero attached hydrogens (tertiary/aromatic N) is 2. The number of hydrogen-bond acceptors (Lipinski definition) is 7. The normalized spacial score (nSPS) is 15.2. The standard InChI is InChI=1S/C22H22N4O7/c1-13-7-14(2)9-16(8-13)23-19(27)12-33-22(30)15-10-20(28)25(11-15)24-21(29)17-5-3-4-6-18(17)26(31)32/h3-9,15H,10-12H2,1-2H3,(H,23,27)(H,24,29)/t15-/m1/s1. The second-order valence-electron chi connectivity index (χ2n) is 7.65. The first-order chi connectivity index (χ1) is 15.6. The number of para-hydroxylation sites is 1. The predicted octanol–water partition coefficient (Wildman–Crippen LogP) is 1.89. The molecule has 2 N–H and O–H groups in total. The minimum Gasteiger partial charge on any atom is -0.455 e. The van der Waals surface area contributed by atoms with Gasteiger partial charge in [0.1, 0.15) is 5.56 Å². The largest absolute Gasteiger partial charge is 0.455 e. The van der Waals surface area contributed by atoms with Crippen molar-refractivity contribution in [2.75, 3.05) is 18.5 Å². The number of nitro benzene ring substituents is 1. The molecule has 3 amide bonds. The number of carbonyl (C=O) groups is 4. The van der Waals surface area contributed by atoms with E-state index in [-0.39, 0.29) is 18.5 Å². The van der Waals surface area contributed by atoms with Crippen molar-refractivity contribution in [3.63, 3.8) is 0 Å². The van der Waals surface area contributed by atoms with Crippen molar-refractivity contribution in [1.29, 1.82) is 0 Å². The molecule has 11 heteroatoms. The van der Waals surface area contributed by atoms with Crippen LogP contribution in [0.2, 0.25) is 0 Å². The Hall–Kier alpha value is -4.28. The van der Waals surface area contributed by atoms with Crippen LogP contribution in [0.5, 0.6) is 0 Å². The monoisotopic (exact) mass is 454 g/mol. The Bertz CT molecular complexity index is 1110. The maximum absolute atomic E-state index is 12.4. The van der Waals surface area contributed by atoms with E-state index in [4.69, 9.17) is 4.74 Å². The van der Waals surface area contributed by atoms with E-state index in [1.807, 2.05) is 19.9 Å². The summed E-state index contributed by atoms with van der Waals surface area (Å²) >= 11 is 0. The van der Waals surface area contributed by atoms with E-state index >= 15 is 0 Å². The summed E-state index contributed by atoms with van der Waals surface area (Å²) in [5.41, 5.74) is 4.17. The average molecular weight is 454 g/mol. The maximum Gasteiger partial charge on any atom is 0.311 e. The molecule has 3 rings (SSSR count). The lowest BCUT2D eigenvalue weighted by Crippen LogP contribution is -2.43. The summed E-state index contributed by atoms with van der Waals surface area (Å²) in [5.74, 6) is -3.58. The van der Waals surface area contributed by atoms with Crippen molar-refractivity contribution in [2.24, 2.45) is 5.92 Å². The number of benzene rings is 2. The van der Waals surface area contributed by atoms with E-state index in [1.54, 1.807) is 12.1 Å². The highest BCUT2D eigenvalue weighted by Crippen LogP contribution is 2.21. The molecule has 1 saturated heterocycles. The van der Waals surface area contributed by atoms with Gasteiger partial charge in [0.2, 0.25) is 5.91 Å². The van der Waals surface area contributed by atoms with Crippen molar-refractivity contribution in [3.05, 3.63) is 69.3 Å². The molecule has 0 aliphatic carbocycles. The highest BCUT2D eigenvalue weighted by molar-refractivity contribution is 5.99. The fraction of sp³-hybridized carbons (Fsp3) is 0.273. The molecule has 2 aromatic rings. The molecule has 1 heterocycles. The smallest absolute Gasteiger partial charge is 0.311 e. The van der Waals surface area contributed by atoms with Crippen LogP contribution in [-0.4, -0.2) is 46.8 Å². The summed E-state index contributed by atoms with van der Waals surface area (Å²) in [6.45, 7) is 3.07. The second kappa shape index (κ2) is 9.90. The molecule has 11 nitrogen and oxygen atoms in total. The second-order valence-corrected chi connectivity index (χ2v) is 7.65. The van der Waals surface area contributed by atoms with E-state index < -0.39 is 46.8 Å². The molecule has 0 unspecified atom stereocenters. The lowest BCUT2D eigenvalue weighted by atomic mass is 10.1. The van der Waals surface area contributed by atoms with Gasteiger partial charge in [0.15, 0.2) is 6.61 Å². The Kier molecular flexibility index (Phi) is 7.01. The van der Waals surface area contributed by atoms with Gasteiger partial charge >= 0.3 is 5.97 Å². The van der Waals surface area contributed by atoms with Gasteiger partial charge in [0.05, 0.1) is 17.4 Å². The molecule has 33 heavy (non-hydrogen) atoms. The van der Waals surface area contributed by atoms with Gasteiger partial charge in [-0.15, -0.1) is 0 Å². The average Bonchev–Trinajstić information content (AvgIpc) is 3.11. The third-order valence-corrected chi connectivity index (χ3v) is 4.89. The zero-order chi connectivity index (χ0) is 24.1. The quantitative estimate of drug-likeness (QED) is 0.369.